The number of hydrogen-bond donors (Lipinski definition) is 0. The van der Waals surface area contributed by atoms with Crippen molar-refractivity contribution in [2.45, 2.75) is 10.1 Å². The third-order valence-electron chi connectivity index (χ3n) is 4.89. The van der Waals surface area contributed by atoms with Crippen LogP contribution in [0.5, 0.6) is 0 Å². The molecule has 0 N–H and O–H groups in total. The third-order valence-corrected chi connectivity index (χ3v) is 6.28. The molecular weight excluding hydrogens is 345 g/mol. The molecule has 0 fully saturated rings. The number of halogens is 1. The molecule has 0 saturated carbocycles. The maximum Gasteiger partial charge on any atom is 0.174 e. The molecule has 4 heteroatoms. The van der Waals surface area contributed by atoms with Crippen LogP contribution in [0, 0.1) is 11.7 Å². The molecule has 0 saturated heterocycles. The summed E-state index contributed by atoms with van der Waals surface area (Å²) in [6.07, 6.45) is 0. The van der Waals surface area contributed by atoms with E-state index in [0.29, 0.717) is 5.56 Å². The van der Waals surface area contributed by atoms with Crippen molar-refractivity contribution in [1.82, 2.24) is 0 Å². The van der Waals surface area contributed by atoms with Gasteiger partial charge in [0, 0.05) is 16.0 Å². The van der Waals surface area contributed by atoms with E-state index in [1.807, 2.05) is 54.6 Å². The Hall–Kier alpha value is -2.72. The van der Waals surface area contributed by atoms with E-state index < -0.39 is 5.92 Å². The number of carbonyl (C=O) groups excluding carboxylic acids is 1. The van der Waals surface area contributed by atoms with Crippen molar-refractivity contribution in [3.05, 3.63) is 95.3 Å². The predicted molar refractivity (Wildman–Crippen MR) is 102 cm³/mol. The molecule has 1 heterocycles. The zero-order valence-corrected chi connectivity index (χ0v) is 14.5. The Kier molecular flexibility index (Phi) is 3.54. The molecule has 0 bridgehead atoms. The average Bonchev–Trinajstić information content (AvgIpc) is 2.83. The molecular formula is C22H14FNOS. The minimum atomic E-state index is -0.411. The average molecular weight is 359 g/mol. The number of rotatable bonds is 1. The molecule has 3 aromatic carbocycles. The predicted octanol–water partition coefficient (Wildman–Crippen LogP) is 5.61. The van der Waals surface area contributed by atoms with E-state index in [1.54, 1.807) is 17.8 Å². The Morgan fingerprint density at radius 2 is 1.65 bits per heavy atom. The number of hydrogen-bond acceptors (Lipinski definition) is 3. The summed E-state index contributed by atoms with van der Waals surface area (Å²) < 4.78 is 13.9. The van der Waals surface area contributed by atoms with Gasteiger partial charge in [0.1, 0.15) is 5.82 Å². The van der Waals surface area contributed by atoms with Crippen molar-refractivity contribution in [2.24, 2.45) is 10.9 Å². The first kappa shape index (κ1) is 15.5. The summed E-state index contributed by atoms with van der Waals surface area (Å²) in [4.78, 5) is 19.1. The first-order valence-corrected chi connectivity index (χ1v) is 9.34. The maximum atomic E-state index is 13.9. The van der Waals surface area contributed by atoms with Gasteiger partial charge in [-0.15, -0.1) is 11.8 Å². The molecule has 1 aliphatic carbocycles. The van der Waals surface area contributed by atoms with Gasteiger partial charge in [0.15, 0.2) is 5.78 Å². The Morgan fingerprint density at radius 3 is 2.50 bits per heavy atom. The summed E-state index contributed by atoms with van der Waals surface area (Å²) in [5.41, 5.74) is 4.06. The van der Waals surface area contributed by atoms with Gasteiger partial charge in [-0.2, -0.15) is 0 Å². The van der Waals surface area contributed by atoms with E-state index in [0.717, 1.165) is 27.4 Å². The van der Waals surface area contributed by atoms with Crippen molar-refractivity contribution >= 4 is 28.9 Å². The van der Waals surface area contributed by atoms with Gasteiger partial charge in [-0.05, 0) is 29.8 Å². The first-order chi connectivity index (χ1) is 12.7. The smallest absolute Gasteiger partial charge is 0.174 e. The van der Waals surface area contributed by atoms with Gasteiger partial charge in [0.05, 0.1) is 22.6 Å². The van der Waals surface area contributed by atoms with Crippen LogP contribution in [0.1, 0.15) is 26.7 Å². The highest BCUT2D eigenvalue weighted by atomic mass is 32.2. The third kappa shape index (κ3) is 2.33. The molecule has 5 rings (SSSR count). The quantitative estimate of drug-likeness (QED) is 0.565. The van der Waals surface area contributed by atoms with E-state index in [9.17, 15) is 9.18 Å². The fourth-order valence-electron chi connectivity index (χ4n) is 3.72. The molecule has 0 radical (unpaired) electrons. The Bertz CT molecular complexity index is 1070. The lowest BCUT2D eigenvalue weighted by Crippen LogP contribution is -2.22. The summed E-state index contributed by atoms with van der Waals surface area (Å²) in [6, 6.07) is 22.0. The van der Waals surface area contributed by atoms with Crippen LogP contribution in [-0.4, -0.2) is 11.5 Å². The lowest BCUT2D eigenvalue weighted by molar-refractivity contribution is 0.0960. The van der Waals surface area contributed by atoms with Gasteiger partial charge in [0.25, 0.3) is 0 Å². The molecule has 1 aliphatic heterocycles. The monoisotopic (exact) mass is 359 g/mol. The lowest BCUT2D eigenvalue weighted by Gasteiger charge is -2.21. The van der Waals surface area contributed by atoms with Crippen molar-refractivity contribution < 1.29 is 9.18 Å². The maximum absolute atomic E-state index is 13.9. The van der Waals surface area contributed by atoms with Gasteiger partial charge < -0.3 is 0 Å². The number of benzene rings is 3. The summed E-state index contributed by atoms with van der Waals surface area (Å²) in [5, 5.41) is -0.215. The Labute approximate surface area is 154 Å². The Morgan fingerprint density at radius 1 is 0.885 bits per heavy atom. The topological polar surface area (TPSA) is 29.4 Å². The van der Waals surface area contributed by atoms with E-state index in [1.165, 1.54) is 12.1 Å². The van der Waals surface area contributed by atoms with E-state index >= 15 is 0 Å². The van der Waals surface area contributed by atoms with Gasteiger partial charge in [-0.25, -0.2) is 4.39 Å². The summed E-state index contributed by atoms with van der Waals surface area (Å²) in [5.74, 6) is -0.636. The van der Waals surface area contributed by atoms with Gasteiger partial charge in [-0.3, -0.25) is 9.79 Å². The lowest BCUT2D eigenvalue weighted by atomic mass is 9.93. The molecule has 126 valence electrons. The van der Waals surface area contributed by atoms with Crippen LogP contribution < -0.4 is 0 Å². The number of fused-ring (bicyclic) bond motifs is 4. The second-order valence-corrected chi connectivity index (χ2v) is 7.63. The zero-order valence-electron chi connectivity index (χ0n) is 13.7. The van der Waals surface area contributed by atoms with Crippen molar-refractivity contribution in [3.63, 3.8) is 0 Å². The minimum absolute atomic E-state index is 0.0638. The molecule has 3 aromatic rings. The molecule has 2 aliphatic rings. The molecule has 0 unspecified atom stereocenters. The number of Topliss-reactive ketones (excluding diaryl/α,β-unsaturated/α-hetero) is 1. The number of thioether (sulfide) groups is 1. The normalized spacial score (nSPS) is 20.7. The van der Waals surface area contributed by atoms with Crippen LogP contribution in [0.15, 0.2) is 82.7 Å². The van der Waals surface area contributed by atoms with E-state index in [2.05, 4.69) is 0 Å². The van der Waals surface area contributed by atoms with Gasteiger partial charge in [-0.1, -0.05) is 48.5 Å². The first-order valence-electron chi connectivity index (χ1n) is 8.46. The van der Waals surface area contributed by atoms with Crippen LogP contribution in [0.3, 0.4) is 0 Å². The second-order valence-electron chi connectivity index (χ2n) is 6.45. The molecule has 2 nitrogen and oxygen atoms in total. The van der Waals surface area contributed by atoms with E-state index in [4.69, 9.17) is 4.99 Å². The highest BCUT2D eigenvalue weighted by molar-refractivity contribution is 7.99. The number of para-hydroxylation sites is 1. The van der Waals surface area contributed by atoms with Crippen molar-refractivity contribution in [2.75, 3.05) is 0 Å². The summed E-state index contributed by atoms with van der Waals surface area (Å²) in [6.45, 7) is 0. The largest absolute Gasteiger partial charge is 0.293 e. The Balaban J connectivity index is 1.76. The van der Waals surface area contributed by atoms with Crippen LogP contribution in [0.4, 0.5) is 10.1 Å². The van der Waals surface area contributed by atoms with Gasteiger partial charge in [0.2, 0.25) is 0 Å². The number of ketones is 1. The fourth-order valence-corrected chi connectivity index (χ4v) is 5.06. The van der Waals surface area contributed by atoms with Crippen LogP contribution >= 0.6 is 11.8 Å². The fraction of sp³-hybridized carbons (Fsp3) is 0.0909. The highest BCUT2D eigenvalue weighted by Crippen LogP contribution is 2.51. The number of nitrogens with zero attached hydrogens (tertiary/aromatic N) is 1. The summed E-state index contributed by atoms with van der Waals surface area (Å²) >= 11 is 1.59. The van der Waals surface area contributed by atoms with Crippen LogP contribution in [-0.2, 0) is 0 Å². The van der Waals surface area contributed by atoms with Gasteiger partial charge >= 0.3 is 0 Å². The van der Waals surface area contributed by atoms with Crippen molar-refractivity contribution in [3.8, 4) is 0 Å². The van der Waals surface area contributed by atoms with Crippen LogP contribution in [0.2, 0.25) is 0 Å². The number of carbonyl (C=O) groups is 1. The standard InChI is InChI=1S/C22H14FNOS/c23-14-7-5-6-13(12-14)22-19-20(15-8-1-2-9-16(15)21(19)25)24-17-10-3-4-11-18(17)26-22/h1-12,19,22H/t19-,22-/m1/s1. The number of aliphatic imine (C=N–C) groups is 1. The molecule has 2 atom stereocenters. The molecule has 26 heavy (non-hydrogen) atoms. The highest BCUT2D eigenvalue weighted by Gasteiger charge is 2.44. The second kappa shape index (κ2) is 5.92. The SMILES string of the molecule is O=C1c2ccccc2C2=Nc3ccccc3S[C@H](c3cccc(F)c3)[C@@H]12. The molecule has 0 amide bonds. The molecule has 0 aromatic heterocycles. The molecule has 0 spiro atoms. The zero-order chi connectivity index (χ0) is 17.7. The summed E-state index contributed by atoms with van der Waals surface area (Å²) in [7, 11) is 0. The van der Waals surface area contributed by atoms with Crippen LogP contribution in [0.25, 0.3) is 0 Å². The van der Waals surface area contributed by atoms with Crippen molar-refractivity contribution in [1.29, 1.82) is 0 Å². The minimum Gasteiger partial charge on any atom is -0.293 e. The van der Waals surface area contributed by atoms with E-state index in [-0.39, 0.29) is 16.9 Å².